The van der Waals surface area contributed by atoms with E-state index in [9.17, 15) is 4.39 Å². The van der Waals surface area contributed by atoms with Crippen molar-refractivity contribution in [2.45, 2.75) is 12.8 Å². The Kier molecular flexibility index (Phi) is 4.86. The molecule has 2 N–H and O–H groups in total. The first-order chi connectivity index (χ1) is 9.31. The van der Waals surface area contributed by atoms with Gasteiger partial charge in [0.2, 0.25) is 0 Å². The molecule has 100 valence electrons. The molecular weight excluding hydrogens is 243 g/mol. The lowest BCUT2D eigenvalue weighted by Gasteiger charge is -2.11. The molecule has 4 heteroatoms. The highest BCUT2D eigenvalue weighted by molar-refractivity contribution is 5.35. The summed E-state index contributed by atoms with van der Waals surface area (Å²) in [6, 6.07) is 8.77. The summed E-state index contributed by atoms with van der Waals surface area (Å²) in [4.78, 5) is 3.95. The Morgan fingerprint density at radius 1 is 1.11 bits per heavy atom. The first-order valence-corrected chi connectivity index (χ1v) is 6.30. The second-order valence-electron chi connectivity index (χ2n) is 4.22. The Hall–Kier alpha value is -1.94. The van der Waals surface area contributed by atoms with Crippen molar-refractivity contribution >= 4 is 0 Å². The first kappa shape index (κ1) is 13.5. The summed E-state index contributed by atoms with van der Waals surface area (Å²) < 4.78 is 19.3. The van der Waals surface area contributed by atoms with Crippen molar-refractivity contribution in [2.24, 2.45) is 5.73 Å². The number of pyridine rings is 1. The molecule has 1 heterocycles. The van der Waals surface area contributed by atoms with Crippen molar-refractivity contribution in [1.82, 2.24) is 4.98 Å². The average molecular weight is 260 g/mol. The Morgan fingerprint density at radius 2 is 1.89 bits per heavy atom. The molecule has 0 saturated heterocycles. The molecule has 0 unspecified atom stereocenters. The molecule has 0 aliphatic rings. The lowest BCUT2D eigenvalue weighted by Crippen LogP contribution is -2.08. The van der Waals surface area contributed by atoms with E-state index in [0.717, 1.165) is 17.5 Å². The summed E-state index contributed by atoms with van der Waals surface area (Å²) >= 11 is 0. The van der Waals surface area contributed by atoms with Gasteiger partial charge in [0.15, 0.2) is 11.6 Å². The van der Waals surface area contributed by atoms with Crippen molar-refractivity contribution in [3.63, 3.8) is 0 Å². The maximum atomic E-state index is 13.7. The highest BCUT2D eigenvalue weighted by Crippen LogP contribution is 2.23. The van der Waals surface area contributed by atoms with E-state index < -0.39 is 0 Å². The van der Waals surface area contributed by atoms with Gasteiger partial charge >= 0.3 is 0 Å². The van der Waals surface area contributed by atoms with Crippen LogP contribution >= 0.6 is 0 Å². The van der Waals surface area contributed by atoms with E-state index in [0.29, 0.717) is 25.3 Å². The molecule has 0 radical (unpaired) electrons. The zero-order chi connectivity index (χ0) is 13.5. The summed E-state index contributed by atoms with van der Waals surface area (Å²) in [5, 5.41) is 0. The van der Waals surface area contributed by atoms with Gasteiger partial charge in [-0.05, 0) is 42.3 Å². The molecule has 0 aliphatic carbocycles. The topological polar surface area (TPSA) is 48.1 Å². The van der Waals surface area contributed by atoms with Crippen LogP contribution in [0.1, 0.15) is 11.1 Å². The molecule has 0 amide bonds. The zero-order valence-corrected chi connectivity index (χ0v) is 10.7. The van der Waals surface area contributed by atoms with Gasteiger partial charge in [-0.1, -0.05) is 12.1 Å². The molecule has 0 aliphatic heterocycles. The van der Waals surface area contributed by atoms with Gasteiger partial charge in [-0.3, -0.25) is 4.98 Å². The third kappa shape index (κ3) is 3.76. The van der Waals surface area contributed by atoms with Crippen molar-refractivity contribution < 1.29 is 9.13 Å². The molecule has 1 aromatic heterocycles. The van der Waals surface area contributed by atoms with Gasteiger partial charge in [-0.2, -0.15) is 0 Å². The number of nitrogens with two attached hydrogens (primary N) is 1. The number of benzene rings is 1. The minimum absolute atomic E-state index is 0.321. The van der Waals surface area contributed by atoms with Crippen LogP contribution in [0.15, 0.2) is 42.7 Å². The van der Waals surface area contributed by atoms with Crippen LogP contribution in [-0.2, 0) is 12.8 Å². The summed E-state index contributed by atoms with van der Waals surface area (Å²) in [6.45, 7) is 0.909. The van der Waals surface area contributed by atoms with E-state index >= 15 is 0 Å². The fraction of sp³-hybridized carbons (Fsp3) is 0.267. The molecule has 0 atom stereocenters. The summed E-state index contributed by atoms with van der Waals surface area (Å²) in [5.41, 5.74) is 7.45. The molecule has 0 spiro atoms. The lowest BCUT2D eigenvalue weighted by atomic mass is 10.1. The van der Waals surface area contributed by atoms with Gasteiger partial charge in [0.25, 0.3) is 0 Å². The van der Waals surface area contributed by atoms with Crippen molar-refractivity contribution in [1.29, 1.82) is 0 Å². The van der Waals surface area contributed by atoms with E-state index in [1.165, 1.54) is 6.07 Å². The fourth-order valence-corrected chi connectivity index (χ4v) is 1.89. The van der Waals surface area contributed by atoms with Gasteiger partial charge in [-0.15, -0.1) is 0 Å². The largest absolute Gasteiger partial charge is 0.490 e. The predicted molar refractivity (Wildman–Crippen MR) is 72.6 cm³/mol. The third-order valence-corrected chi connectivity index (χ3v) is 2.85. The predicted octanol–water partition coefficient (Wildman–Crippen LogP) is 2.34. The Labute approximate surface area is 112 Å². The van der Waals surface area contributed by atoms with Crippen LogP contribution in [-0.4, -0.2) is 18.1 Å². The molecule has 0 fully saturated rings. The second-order valence-corrected chi connectivity index (χ2v) is 4.22. The number of hydrogen-bond acceptors (Lipinski definition) is 3. The number of halogens is 1. The Morgan fingerprint density at radius 3 is 2.63 bits per heavy atom. The molecule has 1 aromatic carbocycles. The second kappa shape index (κ2) is 6.85. The lowest BCUT2D eigenvalue weighted by molar-refractivity contribution is 0.302. The van der Waals surface area contributed by atoms with Crippen molar-refractivity contribution in [2.75, 3.05) is 13.2 Å². The molecular formula is C15H17FN2O. The standard InChI is InChI=1S/C15H17FN2O/c16-14-3-1-2-13(4-8-17)15(14)19-11-7-12-5-9-18-10-6-12/h1-3,5-6,9-10H,4,7-8,11,17H2. The number of para-hydroxylation sites is 1. The SMILES string of the molecule is NCCc1cccc(F)c1OCCc1ccncc1. The van der Waals surface area contributed by atoms with Crippen LogP contribution in [0.3, 0.4) is 0 Å². The van der Waals surface area contributed by atoms with Gasteiger partial charge in [0.05, 0.1) is 6.61 Å². The number of rotatable bonds is 6. The summed E-state index contributed by atoms with van der Waals surface area (Å²) in [7, 11) is 0. The van der Waals surface area contributed by atoms with Crippen molar-refractivity contribution in [3.8, 4) is 5.75 Å². The highest BCUT2D eigenvalue weighted by Gasteiger charge is 2.09. The van der Waals surface area contributed by atoms with Crippen LogP contribution < -0.4 is 10.5 Å². The van der Waals surface area contributed by atoms with Crippen LogP contribution in [0, 0.1) is 5.82 Å². The minimum atomic E-state index is -0.333. The van der Waals surface area contributed by atoms with Crippen LogP contribution in [0.4, 0.5) is 4.39 Å². The van der Waals surface area contributed by atoms with E-state index in [2.05, 4.69) is 4.98 Å². The van der Waals surface area contributed by atoms with Crippen LogP contribution in [0.5, 0.6) is 5.75 Å². The maximum Gasteiger partial charge on any atom is 0.165 e. The Bertz CT molecular complexity index is 517. The number of ether oxygens (including phenoxy) is 1. The highest BCUT2D eigenvalue weighted by atomic mass is 19.1. The van der Waals surface area contributed by atoms with E-state index in [4.69, 9.17) is 10.5 Å². The summed E-state index contributed by atoms with van der Waals surface area (Å²) in [6.07, 6.45) is 4.80. The van der Waals surface area contributed by atoms with Gasteiger partial charge in [0.1, 0.15) is 0 Å². The molecule has 2 rings (SSSR count). The number of aromatic nitrogens is 1. The monoisotopic (exact) mass is 260 g/mol. The molecule has 19 heavy (non-hydrogen) atoms. The van der Waals surface area contributed by atoms with E-state index in [-0.39, 0.29) is 5.82 Å². The van der Waals surface area contributed by atoms with E-state index in [1.807, 2.05) is 18.2 Å². The zero-order valence-electron chi connectivity index (χ0n) is 10.7. The summed E-state index contributed by atoms with van der Waals surface area (Å²) in [5.74, 6) is -0.0114. The Balaban J connectivity index is 1.99. The average Bonchev–Trinajstić information content (AvgIpc) is 2.43. The van der Waals surface area contributed by atoms with Crippen molar-refractivity contribution in [3.05, 3.63) is 59.7 Å². The van der Waals surface area contributed by atoms with Crippen LogP contribution in [0.25, 0.3) is 0 Å². The van der Waals surface area contributed by atoms with Gasteiger partial charge < -0.3 is 10.5 Å². The fourth-order valence-electron chi connectivity index (χ4n) is 1.89. The number of nitrogens with zero attached hydrogens (tertiary/aromatic N) is 1. The molecule has 0 bridgehead atoms. The van der Waals surface area contributed by atoms with Crippen LogP contribution in [0.2, 0.25) is 0 Å². The first-order valence-electron chi connectivity index (χ1n) is 6.30. The number of hydrogen-bond donors (Lipinski definition) is 1. The quantitative estimate of drug-likeness (QED) is 0.867. The maximum absolute atomic E-state index is 13.7. The van der Waals surface area contributed by atoms with E-state index in [1.54, 1.807) is 18.5 Å². The molecule has 3 nitrogen and oxygen atoms in total. The molecule has 2 aromatic rings. The van der Waals surface area contributed by atoms with Gasteiger partial charge in [-0.25, -0.2) is 4.39 Å². The third-order valence-electron chi connectivity index (χ3n) is 2.85. The smallest absolute Gasteiger partial charge is 0.165 e. The minimum Gasteiger partial charge on any atom is -0.490 e. The molecule has 0 saturated carbocycles. The van der Waals surface area contributed by atoms with Gasteiger partial charge in [0, 0.05) is 18.8 Å². The normalized spacial score (nSPS) is 10.4.